The minimum absolute atomic E-state index is 0.102. The zero-order chi connectivity index (χ0) is 37.4. The van der Waals surface area contributed by atoms with Gasteiger partial charge >= 0.3 is 0 Å². The summed E-state index contributed by atoms with van der Waals surface area (Å²) in [5, 5.41) is 12.8. The molecular weight excluding hydrogens is 666 g/mol. The van der Waals surface area contributed by atoms with Gasteiger partial charge in [-0.1, -0.05) is 6.92 Å². The Hall–Kier alpha value is -5.55. The number of aryl methyl sites for hydroxylation is 3. The highest BCUT2D eigenvalue weighted by atomic mass is 19.1. The molecular formula is C34H44F2N10O5. The number of nitrogens with one attached hydrogen (secondary N) is 5. The van der Waals surface area contributed by atoms with Crippen LogP contribution in [0.4, 0.5) is 25.8 Å². The van der Waals surface area contributed by atoms with Gasteiger partial charge in [-0.2, -0.15) is 0 Å². The summed E-state index contributed by atoms with van der Waals surface area (Å²) >= 11 is 0. The van der Waals surface area contributed by atoms with E-state index in [9.17, 15) is 28.4 Å². The molecule has 274 valence electrons. The molecule has 0 aliphatic heterocycles. The summed E-state index contributed by atoms with van der Waals surface area (Å²) < 4.78 is 34.7. The van der Waals surface area contributed by atoms with Gasteiger partial charge in [-0.05, 0) is 51.7 Å². The van der Waals surface area contributed by atoms with E-state index in [1.54, 1.807) is 30.9 Å². The number of pyridine rings is 1. The Kier molecular flexibility index (Phi) is 12.7. The van der Waals surface area contributed by atoms with E-state index >= 15 is 4.39 Å². The molecule has 0 unspecified atom stereocenters. The van der Waals surface area contributed by atoms with E-state index in [0.29, 0.717) is 24.3 Å². The molecule has 0 aliphatic carbocycles. The number of fused-ring (bicyclic) bond motifs is 1. The van der Waals surface area contributed by atoms with Gasteiger partial charge in [-0.15, -0.1) is 0 Å². The van der Waals surface area contributed by atoms with Crippen molar-refractivity contribution in [1.82, 2.24) is 29.2 Å². The second-order valence-corrected chi connectivity index (χ2v) is 12.3. The number of aromatic nitrogens is 3. The van der Waals surface area contributed by atoms with Crippen molar-refractivity contribution >= 4 is 51.6 Å². The normalized spacial score (nSPS) is 11.2. The summed E-state index contributed by atoms with van der Waals surface area (Å²) in [6.07, 6.45) is 5.60. The molecule has 0 atom stereocenters. The molecule has 1 aromatic carbocycles. The molecule has 0 radical (unpaired) electrons. The molecule has 17 heteroatoms. The zero-order valence-electron chi connectivity index (χ0n) is 29.3. The third kappa shape index (κ3) is 9.17. The molecule has 0 spiro atoms. The van der Waals surface area contributed by atoms with Crippen molar-refractivity contribution in [1.29, 1.82) is 0 Å². The van der Waals surface area contributed by atoms with Gasteiger partial charge < -0.3 is 50.9 Å². The Morgan fingerprint density at radius 1 is 0.863 bits per heavy atom. The van der Waals surface area contributed by atoms with Crippen LogP contribution in [0, 0.1) is 11.6 Å². The summed E-state index contributed by atoms with van der Waals surface area (Å²) in [5.74, 6) is -4.33. The van der Waals surface area contributed by atoms with Gasteiger partial charge in [0, 0.05) is 58.9 Å². The fourth-order valence-corrected chi connectivity index (χ4v) is 5.49. The van der Waals surface area contributed by atoms with E-state index in [0.717, 1.165) is 19.0 Å². The van der Waals surface area contributed by atoms with E-state index < -0.39 is 52.6 Å². The second kappa shape index (κ2) is 16.9. The maximum absolute atomic E-state index is 15.4. The fourth-order valence-electron chi connectivity index (χ4n) is 5.49. The summed E-state index contributed by atoms with van der Waals surface area (Å²) in [7, 11) is 7.20. The Bertz CT molecular complexity index is 2000. The third-order valence-electron chi connectivity index (χ3n) is 7.90. The SMILES string of the molecule is CCCn1cc(C(=O)NCC(=O)Nc2cc(C(=O)Nc3cc(C(=O)NCCCN(C)C)n(C)c3)n(C)c2)c(=O)c2cc(F)c(NCCN)c(F)c21. The topological polar surface area (TPSA) is 190 Å². The summed E-state index contributed by atoms with van der Waals surface area (Å²) in [5.41, 5.74) is 4.79. The van der Waals surface area contributed by atoms with Gasteiger partial charge in [-0.3, -0.25) is 24.0 Å². The molecule has 51 heavy (non-hydrogen) atoms. The molecule has 0 aliphatic rings. The number of nitrogens with two attached hydrogens (primary N) is 1. The lowest BCUT2D eigenvalue weighted by Gasteiger charge is -2.16. The molecule has 0 saturated carbocycles. The molecule has 4 aromatic rings. The van der Waals surface area contributed by atoms with Crippen LogP contribution >= 0.6 is 0 Å². The average molecular weight is 711 g/mol. The highest BCUT2D eigenvalue weighted by Gasteiger charge is 2.23. The fraction of sp³-hybridized carbons (Fsp3) is 0.382. The van der Waals surface area contributed by atoms with E-state index in [2.05, 4.69) is 26.6 Å². The zero-order valence-corrected chi connectivity index (χ0v) is 29.3. The lowest BCUT2D eigenvalue weighted by Crippen LogP contribution is -2.36. The predicted molar refractivity (Wildman–Crippen MR) is 191 cm³/mol. The Labute approximate surface area is 293 Å². The number of carbonyl (C=O) groups is 4. The van der Waals surface area contributed by atoms with Crippen LogP contribution in [-0.2, 0) is 25.4 Å². The van der Waals surface area contributed by atoms with Crippen LogP contribution in [0.3, 0.4) is 0 Å². The monoisotopic (exact) mass is 710 g/mol. The van der Waals surface area contributed by atoms with Gasteiger partial charge in [0.05, 0.1) is 28.8 Å². The van der Waals surface area contributed by atoms with E-state index in [4.69, 9.17) is 5.73 Å². The number of carbonyl (C=O) groups excluding carboxylic acids is 4. The van der Waals surface area contributed by atoms with Crippen LogP contribution in [0.5, 0.6) is 0 Å². The molecule has 4 amide bonds. The molecule has 0 fully saturated rings. The first-order valence-electron chi connectivity index (χ1n) is 16.4. The Morgan fingerprint density at radius 2 is 1.51 bits per heavy atom. The van der Waals surface area contributed by atoms with E-state index in [1.807, 2.05) is 25.9 Å². The molecule has 4 rings (SSSR count). The minimum atomic E-state index is -1.01. The quantitative estimate of drug-likeness (QED) is 0.0953. The van der Waals surface area contributed by atoms with E-state index in [1.165, 1.54) is 27.6 Å². The predicted octanol–water partition coefficient (Wildman–Crippen LogP) is 2.04. The van der Waals surface area contributed by atoms with Crippen molar-refractivity contribution in [2.24, 2.45) is 19.8 Å². The van der Waals surface area contributed by atoms with Crippen LogP contribution in [0.25, 0.3) is 10.9 Å². The van der Waals surface area contributed by atoms with Gasteiger partial charge in [-0.25, -0.2) is 8.78 Å². The first-order valence-corrected chi connectivity index (χ1v) is 16.4. The first-order chi connectivity index (χ1) is 24.2. The van der Waals surface area contributed by atoms with Crippen molar-refractivity contribution in [2.75, 3.05) is 62.8 Å². The number of hydrogen-bond donors (Lipinski definition) is 6. The second-order valence-electron chi connectivity index (χ2n) is 12.3. The number of rotatable bonds is 16. The molecule has 3 heterocycles. The average Bonchev–Trinajstić information content (AvgIpc) is 3.63. The Balaban J connectivity index is 1.40. The van der Waals surface area contributed by atoms with Crippen molar-refractivity contribution in [3.8, 4) is 0 Å². The van der Waals surface area contributed by atoms with Crippen LogP contribution in [-0.4, -0.2) is 89.0 Å². The number of hydrogen-bond acceptors (Lipinski definition) is 8. The number of anilines is 3. The first kappa shape index (κ1) is 38.3. The highest BCUT2D eigenvalue weighted by molar-refractivity contribution is 6.06. The third-order valence-corrected chi connectivity index (χ3v) is 7.90. The number of nitrogens with zero attached hydrogens (tertiary/aromatic N) is 4. The van der Waals surface area contributed by atoms with Crippen molar-refractivity contribution in [3.05, 3.63) is 75.6 Å². The smallest absolute Gasteiger partial charge is 0.272 e. The van der Waals surface area contributed by atoms with Gasteiger partial charge in [0.25, 0.3) is 17.7 Å². The number of benzene rings is 1. The molecule has 0 bridgehead atoms. The molecule has 0 saturated heterocycles. The van der Waals surface area contributed by atoms with Crippen LogP contribution in [0.1, 0.15) is 51.1 Å². The summed E-state index contributed by atoms with van der Waals surface area (Å²) in [6.45, 7) is 3.05. The maximum atomic E-state index is 15.4. The van der Waals surface area contributed by atoms with Crippen LogP contribution in [0.15, 0.2) is 41.6 Å². The molecule has 3 aromatic heterocycles. The van der Waals surface area contributed by atoms with Crippen molar-refractivity contribution < 1.29 is 28.0 Å². The van der Waals surface area contributed by atoms with Crippen LogP contribution < -0.4 is 37.7 Å². The summed E-state index contributed by atoms with van der Waals surface area (Å²) in [4.78, 5) is 66.8. The van der Waals surface area contributed by atoms with Gasteiger partial charge in [0.1, 0.15) is 28.5 Å². The number of amides is 4. The minimum Gasteiger partial charge on any atom is -0.379 e. The van der Waals surface area contributed by atoms with Crippen molar-refractivity contribution in [3.63, 3.8) is 0 Å². The van der Waals surface area contributed by atoms with Crippen molar-refractivity contribution in [2.45, 2.75) is 26.3 Å². The molecule has 15 nitrogen and oxygen atoms in total. The highest BCUT2D eigenvalue weighted by Crippen LogP contribution is 2.27. The largest absolute Gasteiger partial charge is 0.379 e. The molecule has 7 N–H and O–H groups in total. The maximum Gasteiger partial charge on any atom is 0.272 e. The Morgan fingerprint density at radius 3 is 2.14 bits per heavy atom. The lowest BCUT2D eigenvalue weighted by molar-refractivity contribution is -0.115. The lowest BCUT2D eigenvalue weighted by atomic mass is 10.1. The number of halogens is 2. The van der Waals surface area contributed by atoms with E-state index in [-0.39, 0.29) is 47.8 Å². The summed E-state index contributed by atoms with van der Waals surface area (Å²) in [6, 6.07) is 3.87. The van der Waals surface area contributed by atoms with Gasteiger partial charge in [0.15, 0.2) is 5.82 Å². The van der Waals surface area contributed by atoms with Gasteiger partial charge in [0.2, 0.25) is 11.3 Å². The van der Waals surface area contributed by atoms with Crippen LogP contribution in [0.2, 0.25) is 0 Å². The standard InChI is InChI=1S/C34H44F2N10O5/c1-6-11-46-19-23(31(48)22-15-24(35)29(38-10-8-37)28(36)30(22)46)32(49)40-16-27(47)41-20-13-26(45(5)17-20)34(51)42-21-14-25(44(4)18-21)33(50)39-9-7-12-43(2)3/h13-15,17-19,38H,6-12,16,37H2,1-5H3,(H,39,50)(H,40,49)(H,41,47)(H,42,51).